The number of hydrogen-bond acceptors (Lipinski definition) is 2. The molecule has 1 saturated heterocycles. The van der Waals surface area contributed by atoms with Crippen LogP contribution in [-0.2, 0) is 4.43 Å². The highest BCUT2D eigenvalue weighted by Crippen LogP contribution is 2.43. The van der Waals surface area contributed by atoms with Gasteiger partial charge < -0.3 is 9.53 Å². The molecular weight excluding hydrogens is 222 g/mol. The lowest BCUT2D eigenvalue weighted by molar-refractivity contribution is 0.0275. The van der Waals surface area contributed by atoms with Crippen LogP contribution in [0.25, 0.3) is 0 Å². The van der Waals surface area contributed by atoms with Gasteiger partial charge in [0.25, 0.3) is 0 Å². The Kier molecular flexibility index (Phi) is 3.01. The summed E-state index contributed by atoms with van der Waals surface area (Å²) < 4.78 is 6.07. The van der Waals surface area contributed by atoms with Gasteiger partial charge in [-0.1, -0.05) is 6.42 Å². The molecule has 0 aromatic heterocycles. The van der Waals surface area contributed by atoms with Gasteiger partial charge in [-0.05, 0) is 38.4 Å². The van der Waals surface area contributed by atoms with Gasteiger partial charge in [-0.15, -0.1) is 0 Å². The number of fused-ring (bicyclic) bond motifs is 1. The molecule has 0 spiro atoms. The molecule has 1 heterocycles. The zero-order valence-electron chi connectivity index (χ0n) is 10.3. The van der Waals surface area contributed by atoms with E-state index in [0.29, 0.717) is 18.4 Å². The van der Waals surface area contributed by atoms with Gasteiger partial charge in [0.1, 0.15) is 6.23 Å². The van der Waals surface area contributed by atoms with Gasteiger partial charge in [-0.2, -0.15) is 0 Å². The third-order valence-electron chi connectivity index (χ3n) is 3.54. The number of hydrogen-bond donors (Lipinski definition) is 1. The van der Waals surface area contributed by atoms with Crippen molar-refractivity contribution in [1.82, 2.24) is 4.90 Å². The molecule has 2 rings (SSSR count). The quantitative estimate of drug-likeness (QED) is 0.758. The Morgan fingerprint density at radius 3 is 2.62 bits per heavy atom. The van der Waals surface area contributed by atoms with Gasteiger partial charge >= 0.3 is 6.09 Å². The van der Waals surface area contributed by atoms with Gasteiger partial charge in [-0.25, -0.2) is 4.79 Å². The van der Waals surface area contributed by atoms with Crippen LogP contribution in [-0.4, -0.2) is 37.2 Å². The van der Waals surface area contributed by atoms with Crippen molar-refractivity contribution >= 4 is 14.4 Å². The van der Waals surface area contributed by atoms with Crippen LogP contribution in [0, 0.1) is 11.8 Å². The van der Waals surface area contributed by atoms with Gasteiger partial charge in [-0.3, -0.25) is 4.90 Å². The van der Waals surface area contributed by atoms with Crippen LogP contribution in [0.15, 0.2) is 0 Å². The summed E-state index contributed by atoms with van der Waals surface area (Å²) in [4.78, 5) is 12.7. The molecular formula is C11H21NO3Si. The van der Waals surface area contributed by atoms with Crippen molar-refractivity contribution in [3.8, 4) is 0 Å². The lowest BCUT2D eigenvalue weighted by Crippen LogP contribution is -2.44. The van der Waals surface area contributed by atoms with Gasteiger partial charge in [0.15, 0.2) is 8.32 Å². The second-order valence-electron chi connectivity index (χ2n) is 5.91. The molecule has 4 nitrogen and oxygen atoms in total. The van der Waals surface area contributed by atoms with Crippen LogP contribution >= 0.6 is 0 Å². The van der Waals surface area contributed by atoms with Gasteiger partial charge in [0.2, 0.25) is 0 Å². The second-order valence-corrected chi connectivity index (χ2v) is 10.4. The summed E-state index contributed by atoms with van der Waals surface area (Å²) in [5.74, 6) is 0.986. The molecule has 0 aromatic rings. The first-order valence-corrected chi connectivity index (χ1v) is 9.47. The molecule has 2 fully saturated rings. The first kappa shape index (κ1) is 11.9. The van der Waals surface area contributed by atoms with E-state index in [-0.39, 0.29) is 6.23 Å². The summed E-state index contributed by atoms with van der Waals surface area (Å²) >= 11 is 0. The van der Waals surface area contributed by atoms with E-state index in [2.05, 4.69) is 19.6 Å². The Bertz CT molecular complexity index is 289. The van der Waals surface area contributed by atoms with Crippen LogP contribution in [0.5, 0.6) is 0 Å². The zero-order chi connectivity index (χ0) is 11.9. The zero-order valence-corrected chi connectivity index (χ0v) is 11.3. The highest BCUT2D eigenvalue weighted by Gasteiger charge is 2.48. The maximum Gasteiger partial charge on any atom is 0.409 e. The Balaban J connectivity index is 2.13. The van der Waals surface area contributed by atoms with E-state index in [1.54, 1.807) is 0 Å². The maximum absolute atomic E-state index is 11.2. The largest absolute Gasteiger partial charge is 0.465 e. The molecule has 2 aliphatic rings. The number of likely N-dealkylation sites (tertiary alicyclic amines) is 1. The lowest BCUT2D eigenvalue weighted by Gasteiger charge is -2.31. The first-order chi connectivity index (χ1) is 7.38. The molecule has 0 bridgehead atoms. The summed E-state index contributed by atoms with van der Waals surface area (Å²) in [6.07, 6.45) is 2.53. The van der Waals surface area contributed by atoms with Crippen LogP contribution in [0.2, 0.25) is 19.6 Å². The standard InChI is InChI=1S/C11H21NO3Si/c1-16(2,3)15-10-9-6-4-5-8(9)7-12(10)11(13)14/h8-10H,4-7H2,1-3H3,(H,13,14). The number of carbonyl (C=O) groups is 1. The normalized spacial score (nSPS) is 34.2. The number of rotatable bonds is 2. The molecule has 0 radical (unpaired) electrons. The van der Waals surface area contributed by atoms with Crippen LogP contribution in [0.3, 0.4) is 0 Å². The summed E-state index contributed by atoms with van der Waals surface area (Å²) in [5.41, 5.74) is 0. The second kappa shape index (κ2) is 4.03. The first-order valence-electron chi connectivity index (χ1n) is 6.06. The minimum Gasteiger partial charge on any atom is -0.465 e. The molecule has 92 valence electrons. The molecule has 1 amide bonds. The van der Waals surface area contributed by atoms with E-state index in [0.717, 1.165) is 6.42 Å². The average Bonchev–Trinajstić information content (AvgIpc) is 2.65. The van der Waals surface area contributed by atoms with E-state index < -0.39 is 14.4 Å². The van der Waals surface area contributed by atoms with E-state index in [1.165, 1.54) is 17.7 Å². The van der Waals surface area contributed by atoms with Crippen LogP contribution in [0.1, 0.15) is 19.3 Å². The van der Waals surface area contributed by atoms with Crippen molar-refractivity contribution < 1.29 is 14.3 Å². The minimum absolute atomic E-state index is 0.170. The van der Waals surface area contributed by atoms with Crippen molar-refractivity contribution in [2.45, 2.75) is 45.1 Å². The summed E-state index contributed by atoms with van der Waals surface area (Å²) in [6.45, 7) is 7.04. The highest BCUT2D eigenvalue weighted by molar-refractivity contribution is 6.69. The van der Waals surface area contributed by atoms with E-state index in [4.69, 9.17) is 4.43 Å². The van der Waals surface area contributed by atoms with Crippen LogP contribution < -0.4 is 0 Å². The third kappa shape index (κ3) is 2.25. The van der Waals surface area contributed by atoms with Crippen molar-refractivity contribution in [2.24, 2.45) is 11.8 Å². The van der Waals surface area contributed by atoms with E-state index in [9.17, 15) is 9.90 Å². The third-order valence-corrected chi connectivity index (χ3v) is 4.49. The molecule has 3 atom stereocenters. The fraction of sp³-hybridized carbons (Fsp3) is 0.909. The molecule has 1 saturated carbocycles. The smallest absolute Gasteiger partial charge is 0.409 e. The Morgan fingerprint density at radius 1 is 1.38 bits per heavy atom. The predicted octanol–water partition coefficient (Wildman–Crippen LogP) is 2.57. The number of carboxylic acid groups (broad SMARTS) is 1. The Morgan fingerprint density at radius 2 is 2.06 bits per heavy atom. The Labute approximate surface area is 97.7 Å². The summed E-state index contributed by atoms with van der Waals surface area (Å²) in [6, 6.07) is 0. The van der Waals surface area contributed by atoms with Gasteiger partial charge in [0, 0.05) is 12.5 Å². The fourth-order valence-electron chi connectivity index (χ4n) is 2.96. The SMILES string of the molecule is C[Si](C)(C)OC1C2CCCC2CN1C(=O)O. The molecule has 1 aliphatic carbocycles. The average molecular weight is 243 g/mol. The Hall–Kier alpha value is -0.553. The van der Waals surface area contributed by atoms with Crippen molar-refractivity contribution in [3.05, 3.63) is 0 Å². The van der Waals surface area contributed by atoms with Crippen molar-refractivity contribution in [1.29, 1.82) is 0 Å². The predicted molar refractivity (Wildman–Crippen MR) is 63.8 cm³/mol. The highest BCUT2D eigenvalue weighted by atomic mass is 28.4. The monoisotopic (exact) mass is 243 g/mol. The molecule has 1 aliphatic heterocycles. The van der Waals surface area contributed by atoms with E-state index in [1.807, 2.05) is 0 Å². The maximum atomic E-state index is 11.2. The van der Waals surface area contributed by atoms with Crippen molar-refractivity contribution in [2.75, 3.05) is 6.54 Å². The summed E-state index contributed by atoms with van der Waals surface area (Å²) in [5, 5.41) is 9.20. The minimum atomic E-state index is -1.67. The lowest BCUT2D eigenvalue weighted by atomic mass is 10.00. The molecule has 0 aromatic carbocycles. The number of nitrogens with zero attached hydrogens (tertiary/aromatic N) is 1. The number of amides is 1. The molecule has 1 N–H and O–H groups in total. The van der Waals surface area contributed by atoms with Crippen LogP contribution in [0.4, 0.5) is 4.79 Å². The van der Waals surface area contributed by atoms with Crippen molar-refractivity contribution in [3.63, 3.8) is 0 Å². The summed E-state index contributed by atoms with van der Waals surface area (Å²) in [7, 11) is -1.67. The molecule has 16 heavy (non-hydrogen) atoms. The topological polar surface area (TPSA) is 49.8 Å². The van der Waals surface area contributed by atoms with Gasteiger partial charge in [0.05, 0.1) is 0 Å². The molecule has 5 heteroatoms. The fourth-order valence-corrected chi connectivity index (χ4v) is 3.98. The van der Waals surface area contributed by atoms with E-state index >= 15 is 0 Å². The molecule has 3 unspecified atom stereocenters.